The Morgan fingerprint density at radius 3 is 2.52 bits per heavy atom. The zero-order chi connectivity index (χ0) is 16.0. The average molecular weight is 292 g/mol. The van der Waals surface area contributed by atoms with E-state index in [0.29, 0.717) is 30.5 Å². The predicted molar refractivity (Wildman–Crippen MR) is 87.4 cm³/mol. The van der Waals surface area contributed by atoms with Gasteiger partial charge in [0.05, 0.1) is 5.69 Å². The van der Waals surface area contributed by atoms with Crippen LogP contribution in [-0.2, 0) is 4.79 Å². The van der Waals surface area contributed by atoms with E-state index in [0.717, 1.165) is 24.0 Å². The van der Waals surface area contributed by atoms with Gasteiger partial charge in [-0.2, -0.15) is 0 Å². The molecule has 0 radical (unpaired) electrons. The highest BCUT2D eigenvalue weighted by Crippen LogP contribution is 2.29. The van der Waals surface area contributed by atoms with Crippen LogP contribution < -0.4 is 11.1 Å². The van der Waals surface area contributed by atoms with Crippen LogP contribution in [0.25, 0.3) is 0 Å². The largest absolute Gasteiger partial charge is 0.505 e. The van der Waals surface area contributed by atoms with Crippen LogP contribution in [0.5, 0.6) is 5.75 Å². The van der Waals surface area contributed by atoms with Gasteiger partial charge in [-0.25, -0.2) is 0 Å². The average Bonchev–Trinajstić information content (AvgIpc) is 2.39. The lowest BCUT2D eigenvalue weighted by molar-refractivity contribution is -0.116. The molecule has 0 aromatic heterocycles. The molecule has 1 atom stereocenters. The van der Waals surface area contributed by atoms with Crippen molar-refractivity contribution in [2.45, 2.75) is 47.0 Å². The fraction of sp³-hybridized carbons (Fsp3) is 0.588. The standard InChI is InChI=1S/C17H28N2O2/c1-11(2)14(7-8-18)5-6-16(20)19-15-10-12(3)9-13(4)17(15)21/h9-11,14,21H,5-8,18H2,1-4H3,(H,19,20). The van der Waals surface area contributed by atoms with Crippen molar-refractivity contribution < 1.29 is 9.90 Å². The summed E-state index contributed by atoms with van der Waals surface area (Å²) in [6.45, 7) is 8.75. The first-order valence-corrected chi connectivity index (χ1v) is 7.65. The molecule has 1 aromatic carbocycles. The monoisotopic (exact) mass is 292 g/mol. The zero-order valence-corrected chi connectivity index (χ0v) is 13.6. The van der Waals surface area contributed by atoms with Crippen LogP contribution in [0.2, 0.25) is 0 Å². The highest BCUT2D eigenvalue weighted by atomic mass is 16.3. The molecule has 0 aliphatic heterocycles. The SMILES string of the molecule is Cc1cc(C)c(O)c(NC(=O)CCC(CCN)C(C)C)c1. The van der Waals surface area contributed by atoms with E-state index < -0.39 is 0 Å². The number of anilines is 1. The molecule has 1 amide bonds. The van der Waals surface area contributed by atoms with Gasteiger partial charge < -0.3 is 16.2 Å². The summed E-state index contributed by atoms with van der Waals surface area (Å²) in [6.07, 6.45) is 2.22. The number of carbonyl (C=O) groups excluding carboxylic acids is 1. The Morgan fingerprint density at radius 1 is 1.29 bits per heavy atom. The minimum atomic E-state index is -0.0574. The lowest BCUT2D eigenvalue weighted by Crippen LogP contribution is -2.18. The molecule has 118 valence electrons. The second kappa shape index (κ2) is 8.03. The molecule has 4 nitrogen and oxygen atoms in total. The number of amides is 1. The van der Waals surface area contributed by atoms with Crippen molar-refractivity contribution in [2.24, 2.45) is 17.6 Å². The molecule has 0 spiro atoms. The Morgan fingerprint density at radius 2 is 1.95 bits per heavy atom. The van der Waals surface area contributed by atoms with E-state index in [1.165, 1.54) is 0 Å². The van der Waals surface area contributed by atoms with Crippen LogP contribution in [0.4, 0.5) is 5.69 Å². The van der Waals surface area contributed by atoms with E-state index in [9.17, 15) is 9.90 Å². The van der Waals surface area contributed by atoms with Crippen LogP contribution in [0.15, 0.2) is 12.1 Å². The molecule has 0 bridgehead atoms. The second-order valence-corrected chi connectivity index (χ2v) is 6.15. The number of phenolic OH excluding ortho intramolecular Hbond substituents is 1. The van der Waals surface area contributed by atoms with Crippen LogP contribution in [0.1, 0.15) is 44.2 Å². The summed E-state index contributed by atoms with van der Waals surface area (Å²) in [7, 11) is 0. The minimum Gasteiger partial charge on any atom is -0.505 e. The summed E-state index contributed by atoms with van der Waals surface area (Å²) in [4.78, 5) is 12.1. The third kappa shape index (κ3) is 5.38. The number of rotatable bonds is 7. The van der Waals surface area contributed by atoms with Gasteiger partial charge in [0.15, 0.2) is 0 Å². The van der Waals surface area contributed by atoms with Crippen molar-refractivity contribution in [1.29, 1.82) is 0 Å². The first-order chi connectivity index (χ1) is 9.85. The fourth-order valence-electron chi connectivity index (χ4n) is 2.61. The molecule has 0 saturated heterocycles. The molecular weight excluding hydrogens is 264 g/mol. The number of phenols is 1. The Kier molecular flexibility index (Phi) is 6.69. The first kappa shape index (κ1) is 17.5. The fourth-order valence-corrected chi connectivity index (χ4v) is 2.61. The van der Waals surface area contributed by atoms with Crippen LogP contribution in [-0.4, -0.2) is 17.6 Å². The van der Waals surface area contributed by atoms with Crippen molar-refractivity contribution >= 4 is 11.6 Å². The normalized spacial score (nSPS) is 12.5. The van der Waals surface area contributed by atoms with E-state index in [1.807, 2.05) is 19.9 Å². The van der Waals surface area contributed by atoms with E-state index in [4.69, 9.17) is 5.73 Å². The summed E-state index contributed by atoms with van der Waals surface area (Å²) in [5.41, 5.74) is 7.90. The first-order valence-electron chi connectivity index (χ1n) is 7.65. The van der Waals surface area contributed by atoms with Crippen molar-refractivity contribution in [3.05, 3.63) is 23.3 Å². The third-order valence-electron chi connectivity index (χ3n) is 3.94. The molecule has 4 heteroatoms. The van der Waals surface area contributed by atoms with Crippen LogP contribution in [0, 0.1) is 25.7 Å². The molecule has 1 unspecified atom stereocenters. The summed E-state index contributed by atoms with van der Waals surface area (Å²) < 4.78 is 0. The van der Waals surface area contributed by atoms with Crippen molar-refractivity contribution in [2.75, 3.05) is 11.9 Å². The Bertz CT molecular complexity index is 484. The number of hydrogen-bond donors (Lipinski definition) is 3. The van der Waals surface area contributed by atoms with E-state index in [2.05, 4.69) is 19.2 Å². The molecular formula is C17H28N2O2. The van der Waals surface area contributed by atoms with Gasteiger partial charge >= 0.3 is 0 Å². The number of nitrogens with one attached hydrogen (secondary N) is 1. The maximum absolute atomic E-state index is 12.1. The third-order valence-corrected chi connectivity index (χ3v) is 3.94. The summed E-state index contributed by atoms with van der Waals surface area (Å²) >= 11 is 0. The lowest BCUT2D eigenvalue weighted by atomic mass is 9.88. The Balaban J connectivity index is 2.62. The van der Waals surface area contributed by atoms with Gasteiger partial charge in [-0.3, -0.25) is 4.79 Å². The number of aromatic hydroxyl groups is 1. The summed E-state index contributed by atoms with van der Waals surface area (Å²) in [6, 6.07) is 3.68. The molecule has 1 rings (SSSR count). The van der Waals surface area contributed by atoms with E-state index in [1.54, 1.807) is 6.07 Å². The quantitative estimate of drug-likeness (QED) is 0.675. The van der Waals surface area contributed by atoms with Gasteiger partial charge in [0.1, 0.15) is 5.75 Å². The number of benzene rings is 1. The second-order valence-electron chi connectivity index (χ2n) is 6.15. The van der Waals surface area contributed by atoms with Gasteiger partial charge in [-0.1, -0.05) is 19.9 Å². The van der Waals surface area contributed by atoms with E-state index in [-0.39, 0.29) is 11.7 Å². The predicted octanol–water partition coefficient (Wildman–Crippen LogP) is 3.35. The lowest BCUT2D eigenvalue weighted by Gasteiger charge is -2.19. The molecule has 0 heterocycles. The molecule has 0 aliphatic rings. The molecule has 4 N–H and O–H groups in total. The van der Waals surface area contributed by atoms with Crippen LogP contribution in [0.3, 0.4) is 0 Å². The number of hydrogen-bond acceptors (Lipinski definition) is 3. The van der Waals surface area contributed by atoms with Crippen molar-refractivity contribution in [1.82, 2.24) is 0 Å². The maximum atomic E-state index is 12.1. The van der Waals surface area contributed by atoms with E-state index >= 15 is 0 Å². The van der Waals surface area contributed by atoms with Crippen molar-refractivity contribution in [3.8, 4) is 5.75 Å². The van der Waals surface area contributed by atoms with Crippen molar-refractivity contribution in [3.63, 3.8) is 0 Å². The number of nitrogens with two attached hydrogens (primary N) is 1. The maximum Gasteiger partial charge on any atom is 0.224 e. The van der Waals surface area contributed by atoms with Crippen LogP contribution >= 0.6 is 0 Å². The Labute approximate surface area is 127 Å². The topological polar surface area (TPSA) is 75.3 Å². The van der Waals surface area contributed by atoms with Gasteiger partial charge in [-0.15, -0.1) is 0 Å². The van der Waals surface area contributed by atoms with Gasteiger partial charge in [0, 0.05) is 6.42 Å². The molecule has 1 aromatic rings. The summed E-state index contributed by atoms with van der Waals surface area (Å²) in [5, 5.41) is 12.8. The Hall–Kier alpha value is -1.55. The number of aryl methyl sites for hydroxylation is 2. The molecule has 0 fully saturated rings. The van der Waals surface area contributed by atoms with Gasteiger partial charge in [0.25, 0.3) is 0 Å². The smallest absolute Gasteiger partial charge is 0.224 e. The van der Waals surface area contributed by atoms with Gasteiger partial charge in [0.2, 0.25) is 5.91 Å². The molecule has 0 saturated carbocycles. The molecule has 0 aliphatic carbocycles. The summed E-state index contributed by atoms with van der Waals surface area (Å²) in [5.74, 6) is 1.08. The number of carbonyl (C=O) groups is 1. The van der Waals surface area contributed by atoms with Gasteiger partial charge in [-0.05, 0) is 62.3 Å². The molecule has 21 heavy (non-hydrogen) atoms. The zero-order valence-electron chi connectivity index (χ0n) is 13.6. The minimum absolute atomic E-state index is 0.0574. The highest BCUT2D eigenvalue weighted by molar-refractivity contribution is 5.92. The highest BCUT2D eigenvalue weighted by Gasteiger charge is 2.15.